The first-order chi connectivity index (χ1) is 13.7. The molecule has 1 aliphatic rings. The maximum absolute atomic E-state index is 13.9. The van der Waals surface area contributed by atoms with Crippen LogP contribution in [-0.2, 0) is 0 Å². The molecule has 1 unspecified atom stereocenters. The number of ether oxygens (including phenoxy) is 1. The van der Waals surface area contributed by atoms with Gasteiger partial charge < -0.3 is 14.5 Å². The molecule has 0 aliphatic carbocycles. The van der Waals surface area contributed by atoms with E-state index in [1.54, 1.807) is 19.1 Å². The van der Waals surface area contributed by atoms with Crippen molar-refractivity contribution in [3.8, 4) is 5.75 Å². The van der Waals surface area contributed by atoms with Gasteiger partial charge in [-0.1, -0.05) is 6.92 Å². The highest BCUT2D eigenvalue weighted by Gasteiger charge is 2.37. The van der Waals surface area contributed by atoms with Crippen LogP contribution in [0.5, 0.6) is 5.75 Å². The molecule has 1 N–H and O–H groups in total. The summed E-state index contributed by atoms with van der Waals surface area (Å²) in [6.45, 7) is 5.50. The highest BCUT2D eigenvalue weighted by atomic mass is 19.1. The Morgan fingerprint density at radius 3 is 2.69 bits per heavy atom. The molecule has 150 valence electrons. The van der Waals surface area contributed by atoms with Gasteiger partial charge in [-0.3, -0.25) is 9.59 Å². The van der Waals surface area contributed by atoms with Crippen LogP contribution >= 0.6 is 0 Å². The Kier molecular flexibility index (Phi) is 4.41. The Morgan fingerprint density at radius 2 is 2.00 bits per heavy atom. The van der Waals surface area contributed by atoms with E-state index in [9.17, 15) is 18.4 Å². The first kappa shape index (κ1) is 19.1. The van der Waals surface area contributed by atoms with Gasteiger partial charge >= 0.3 is 0 Å². The predicted molar refractivity (Wildman–Crippen MR) is 104 cm³/mol. The Hall–Kier alpha value is -3.22. The number of benzene rings is 2. The van der Waals surface area contributed by atoms with Crippen LogP contribution in [0.1, 0.15) is 53.2 Å². The van der Waals surface area contributed by atoms with E-state index in [1.165, 1.54) is 0 Å². The van der Waals surface area contributed by atoms with Gasteiger partial charge in [-0.25, -0.2) is 8.78 Å². The van der Waals surface area contributed by atoms with Crippen LogP contribution in [0.3, 0.4) is 0 Å². The zero-order valence-corrected chi connectivity index (χ0v) is 16.2. The molecule has 0 saturated heterocycles. The van der Waals surface area contributed by atoms with Crippen molar-refractivity contribution in [3.05, 3.63) is 58.9 Å². The number of anilines is 1. The van der Waals surface area contributed by atoms with Crippen molar-refractivity contribution in [2.45, 2.75) is 39.2 Å². The van der Waals surface area contributed by atoms with Gasteiger partial charge in [-0.15, -0.1) is 0 Å². The van der Waals surface area contributed by atoms with E-state index in [4.69, 9.17) is 9.15 Å². The highest BCUT2D eigenvalue weighted by molar-refractivity contribution is 6.14. The number of furan rings is 1. The molecule has 1 aromatic heterocycles. The third-order valence-corrected chi connectivity index (χ3v) is 5.36. The van der Waals surface area contributed by atoms with Crippen LogP contribution in [-0.4, -0.2) is 17.3 Å². The minimum atomic E-state index is -0.896. The molecule has 0 fully saturated rings. The molecule has 4 rings (SSSR count). The van der Waals surface area contributed by atoms with Crippen molar-refractivity contribution in [1.82, 2.24) is 0 Å². The van der Waals surface area contributed by atoms with Crippen molar-refractivity contribution >= 4 is 28.3 Å². The average molecular weight is 399 g/mol. The number of amides is 1. The number of nitrogens with one attached hydrogen (secondary N) is 1. The summed E-state index contributed by atoms with van der Waals surface area (Å²) >= 11 is 0. The molecule has 7 heteroatoms. The smallest absolute Gasteiger partial charge is 0.291 e. The molecule has 0 saturated carbocycles. The van der Waals surface area contributed by atoms with Crippen LogP contribution in [0.2, 0.25) is 0 Å². The number of ketones is 1. The van der Waals surface area contributed by atoms with Gasteiger partial charge in [0.25, 0.3) is 5.91 Å². The van der Waals surface area contributed by atoms with Crippen molar-refractivity contribution < 1.29 is 27.5 Å². The molecule has 3 aromatic rings. The quantitative estimate of drug-likeness (QED) is 0.640. The fourth-order valence-electron chi connectivity index (χ4n) is 3.60. The third kappa shape index (κ3) is 3.16. The zero-order valence-electron chi connectivity index (χ0n) is 16.2. The maximum atomic E-state index is 13.9. The normalized spacial score (nSPS) is 18.4. The molecule has 0 spiro atoms. The van der Waals surface area contributed by atoms with E-state index in [2.05, 4.69) is 5.32 Å². The van der Waals surface area contributed by atoms with E-state index < -0.39 is 23.1 Å². The largest absolute Gasteiger partial charge is 0.486 e. The molecule has 0 bridgehead atoms. The summed E-state index contributed by atoms with van der Waals surface area (Å²) in [7, 11) is 0. The number of hydrogen-bond donors (Lipinski definition) is 1. The topological polar surface area (TPSA) is 68.5 Å². The Bertz CT molecular complexity index is 1170. The summed E-state index contributed by atoms with van der Waals surface area (Å²) in [5, 5.41) is 2.89. The lowest BCUT2D eigenvalue weighted by atomic mass is 9.87. The number of halogens is 2. The lowest BCUT2D eigenvalue weighted by Gasteiger charge is -2.34. The Labute approximate surface area is 165 Å². The molecule has 1 atom stereocenters. The molecule has 0 radical (unpaired) electrons. The standard InChI is InChI=1S/C22H19F2NO4/c1-4-22(3)10-15(26)19-17(29-22)8-7-16-18(19)11(2)20(28-16)21(27)25-14-6-5-12(23)9-13(14)24/h5-9H,4,10H2,1-3H3,(H,25,27). The van der Waals surface area contributed by atoms with E-state index in [-0.39, 0.29) is 23.7 Å². The summed E-state index contributed by atoms with van der Waals surface area (Å²) in [4.78, 5) is 25.5. The predicted octanol–water partition coefficient (Wildman–Crippen LogP) is 5.41. The van der Waals surface area contributed by atoms with E-state index in [0.717, 1.165) is 12.1 Å². The van der Waals surface area contributed by atoms with Crippen molar-refractivity contribution in [1.29, 1.82) is 0 Å². The van der Waals surface area contributed by atoms with Crippen LogP contribution in [0.15, 0.2) is 34.7 Å². The lowest BCUT2D eigenvalue weighted by molar-refractivity contribution is 0.0503. The minimum Gasteiger partial charge on any atom is -0.486 e. The van der Waals surface area contributed by atoms with Gasteiger partial charge in [0.2, 0.25) is 0 Å². The van der Waals surface area contributed by atoms with E-state index >= 15 is 0 Å². The fraction of sp³-hybridized carbons (Fsp3) is 0.273. The Balaban J connectivity index is 1.76. The zero-order chi connectivity index (χ0) is 20.9. The number of hydrogen-bond acceptors (Lipinski definition) is 4. The van der Waals surface area contributed by atoms with Gasteiger partial charge in [0, 0.05) is 17.0 Å². The number of fused-ring (bicyclic) bond motifs is 3. The number of rotatable bonds is 3. The molecule has 1 amide bonds. The summed E-state index contributed by atoms with van der Waals surface area (Å²) in [5.41, 5.74) is 0.463. The molecule has 2 heterocycles. The SMILES string of the molecule is CCC1(C)CC(=O)c2c(ccc3oc(C(=O)Nc4ccc(F)cc4F)c(C)c23)O1. The van der Waals surface area contributed by atoms with Gasteiger partial charge in [0.1, 0.15) is 28.6 Å². The molecule has 5 nitrogen and oxygen atoms in total. The molecule has 1 aliphatic heterocycles. The maximum Gasteiger partial charge on any atom is 0.291 e. The van der Waals surface area contributed by atoms with Crippen LogP contribution in [0.25, 0.3) is 11.0 Å². The highest BCUT2D eigenvalue weighted by Crippen LogP contribution is 2.41. The summed E-state index contributed by atoms with van der Waals surface area (Å²) < 4.78 is 38.7. The monoisotopic (exact) mass is 399 g/mol. The molecular weight excluding hydrogens is 380 g/mol. The average Bonchev–Trinajstić information content (AvgIpc) is 3.00. The Morgan fingerprint density at radius 1 is 1.24 bits per heavy atom. The fourth-order valence-corrected chi connectivity index (χ4v) is 3.60. The van der Waals surface area contributed by atoms with E-state index in [1.807, 2.05) is 13.8 Å². The van der Waals surface area contributed by atoms with Crippen LogP contribution in [0, 0.1) is 18.6 Å². The summed E-state index contributed by atoms with van der Waals surface area (Å²) in [6, 6.07) is 6.16. The first-order valence-corrected chi connectivity index (χ1v) is 9.27. The number of carbonyl (C=O) groups is 2. The number of aryl methyl sites for hydroxylation is 1. The van der Waals surface area contributed by atoms with Gasteiger partial charge in [0.15, 0.2) is 11.5 Å². The molecule has 2 aromatic carbocycles. The van der Waals surface area contributed by atoms with Crippen molar-refractivity contribution in [2.24, 2.45) is 0 Å². The van der Waals surface area contributed by atoms with Crippen molar-refractivity contribution in [2.75, 3.05) is 5.32 Å². The van der Waals surface area contributed by atoms with E-state index in [0.29, 0.717) is 40.3 Å². The second-order valence-corrected chi connectivity index (χ2v) is 7.45. The molecular formula is C22H19F2NO4. The first-order valence-electron chi connectivity index (χ1n) is 9.27. The molecule has 29 heavy (non-hydrogen) atoms. The van der Waals surface area contributed by atoms with Gasteiger partial charge in [-0.05, 0) is 44.5 Å². The van der Waals surface area contributed by atoms with Gasteiger partial charge in [-0.2, -0.15) is 0 Å². The number of Topliss-reactive ketones (excluding diaryl/α,β-unsaturated/α-hetero) is 1. The number of carbonyl (C=O) groups excluding carboxylic acids is 2. The van der Waals surface area contributed by atoms with Crippen molar-refractivity contribution in [3.63, 3.8) is 0 Å². The summed E-state index contributed by atoms with van der Waals surface area (Å²) in [6.07, 6.45) is 0.903. The second-order valence-electron chi connectivity index (χ2n) is 7.45. The van der Waals surface area contributed by atoms with Gasteiger partial charge in [0.05, 0.1) is 17.7 Å². The second kappa shape index (κ2) is 6.69. The summed E-state index contributed by atoms with van der Waals surface area (Å²) in [5.74, 6) is -2.01. The van der Waals surface area contributed by atoms with Crippen LogP contribution in [0.4, 0.5) is 14.5 Å². The van der Waals surface area contributed by atoms with Crippen LogP contribution < -0.4 is 10.1 Å². The minimum absolute atomic E-state index is 0.0475. The lowest BCUT2D eigenvalue weighted by Crippen LogP contribution is -2.38. The third-order valence-electron chi connectivity index (χ3n) is 5.36.